The molecule has 2 heterocycles. The summed E-state index contributed by atoms with van der Waals surface area (Å²) in [5.74, 6) is -0.325. The first-order valence-corrected chi connectivity index (χ1v) is 10.6. The van der Waals surface area contributed by atoms with Crippen LogP contribution in [-0.2, 0) is 4.74 Å². The normalized spacial score (nSPS) is 21.4. The van der Waals surface area contributed by atoms with Crippen LogP contribution in [0.1, 0.15) is 36.0 Å². The molecule has 1 atom stereocenters. The zero-order valence-corrected chi connectivity index (χ0v) is 17.8. The molecule has 7 heteroatoms. The second kappa shape index (κ2) is 10.2. The highest BCUT2D eigenvalue weighted by Crippen LogP contribution is 2.22. The van der Waals surface area contributed by atoms with Gasteiger partial charge in [0.25, 0.3) is 0 Å². The largest absolute Gasteiger partial charge is 0.465 e. The fourth-order valence-electron chi connectivity index (χ4n) is 3.97. The van der Waals surface area contributed by atoms with Crippen LogP contribution in [0.25, 0.3) is 0 Å². The molecule has 1 N–H and O–H groups in total. The number of ether oxygens (including phenoxy) is 1. The number of piperazine rings is 1. The van der Waals surface area contributed by atoms with Gasteiger partial charge in [-0.3, -0.25) is 0 Å². The minimum atomic E-state index is -0.325. The third kappa shape index (κ3) is 5.65. The number of nitrogens with zero attached hydrogens (tertiary/aromatic N) is 3. The standard InChI is InChI=1S/C21H32N4O2S/c1-23-13-15-24(16-14-23)12-10-19-5-3-4-11-25(19)21(28)22-18-8-6-17(7-9-18)20(26)27-2/h6-9,19H,3-5,10-16H2,1-2H3,(H,22,28)/t19-/m1/s1. The minimum Gasteiger partial charge on any atom is -0.465 e. The van der Waals surface area contributed by atoms with Gasteiger partial charge >= 0.3 is 5.97 Å². The van der Waals surface area contributed by atoms with Crippen LogP contribution in [0.15, 0.2) is 24.3 Å². The van der Waals surface area contributed by atoms with Gasteiger partial charge in [0.05, 0.1) is 12.7 Å². The number of carbonyl (C=O) groups excluding carboxylic acids is 1. The molecule has 0 saturated carbocycles. The summed E-state index contributed by atoms with van der Waals surface area (Å²) in [6.45, 7) is 6.81. The Balaban J connectivity index is 1.53. The molecule has 0 aromatic heterocycles. The number of benzene rings is 1. The van der Waals surface area contributed by atoms with E-state index < -0.39 is 0 Å². The van der Waals surface area contributed by atoms with E-state index in [9.17, 15) is 4.79 Å². The van der Waals surface area contributed by atoms with Crippen molar-refractivity contribution in [2.45, 2.75) is 31.7 Å². The molecule has 2 aliphatic heterocycles. The summed E-state index contributed by atoms with van der Waals surface area (Å²) in [7, 11) is 3.59. The Morgan fingerprint density at radius 2 is 1.86 bits per heavy atom. The zero-order valence-electron chi connectivity index (χ0n) is 17.0. The minimum absolute atomic E-state index is 0.325. The van der Waals surface area contributed by atoms with Crippen LogP contribution in [0.2, 0.25) is 0 Å². The number of nitrogens with one attached hydrogen (secondary N) is 1. The van der Waals surface area contributed by atoms with Gasteiger partial charge in [0.2, 0.25) is 0 Å². The Bertz CT molecular complexity index is 659. The van der Waals surface area contributed by atoms with Gasteiger partial charge in [0.15, 0.2) is 5.11 Å². The van der Waals surface area contributed by atoms with Crippen LogP contribution < -0.4 is 5.32 Å². The van der Waals surface area contributed by atoms with Crippen molar-refractivity contribution in [3.63, 3.8) is 0 Å². The van der Waals surface area contributed by atoms with Crippen molar-refractivity contribution in [1.82, 2.24) is 14.7 Å². The Morgan fingerprint density at radius 1 is 1.14 bits per heavy atom. The summed E-state index contributed by atoms with van der Waals surface area (Å²) < 4.78 is 4.75. The quantitative estimate of drug-likeness (QED) is 0.598. The van der Waals surface area contributed by atoms with Crippen LogP contribution in [0.5, 0.6) is 0 Å². The molecule has 0 aliphatic carbocycles. The first kappa shape index (κ1) is 21.0. The van der Waals surface area contributed by atoms with Gasteiger partial charge < -0.3 is 24.8 Å². The van der Waals surface area contributed by atoms with E-state index in [1.54, 1.807) is 12.1 Å². The number of esters is 1. The number of thiocarbonyl (C=S) groups is 1. The van der Waals surface area contributed by atoms with Crippen molar-refractivity contribution in [3.8, 4) is 0 Å². The van der Waals surface area contributed by atoms with E-state index >= 15 is 0 Å². The second-order valence-corrected chi connectivity index (χ2v) is 8.16. The SMILES string of the molecule is COC(=O)c1ccc(NC(=S)N2CCCC[C@@H]2CCN2CCN(C)CC2)cc1. The van der Waals surface area contributed by atoms with Crippen molar-refractivity contribution >= 4 is 29.0 Å². The first-order valence-electron chi connectivity index (χ1n) is 10.2. The van der Waals surface area contributed by atoms with Gasteiger partial charge in [-0.05, 0) is 69.2 Å². The molecule has 28 heavy (non-hydrogen) atoms. The third-order valence-electron chi connectivity index (χ3n) is 5.82. The highest BCUT2D eigenvalue weighted by molar-refractivity contribution is 7.80. The molecule has 3 rings (SSSR count). The molecule has 0 amide bonds. The highest BCUT2D eigenvalue weighted by Gasteiger charge is 2.25. The molecular weight excluding hydrogens is 372 g/mol. The predicted octanol–water partition coefficient (Wildman–Crippen LogP) is 2.66. The lowest BCUT2D eigenvalue weighted by Crippen LogP contribution is -2.49. The number of carbonyl (C=O) groups is 1. The van der Waals surface area contributed by atoms with Crippen molar-refractivity contribution in [1.29, 1.82) is 0 Å². The smallest absolute Gasteiger partial charge is 0.337 e. The molecule has 1 aromatic rings. The van der Waals surface area contributed by atoms with Gasteiger partial charge in [0.1, 0.15) is 0 Å². The Kier molecular flexibility index (Phi) is 7.65. The molecule has 0 radical (unpaired) electrons. The summed E-state index contributed by atoms with van der Waals surface area (Å²) in [6, 6.07) is 7.78. The molecular formula is C21H32N4O2S. The summed E-state index contributed by atoms with van der Waals surface area (Å²) in [6.07, 6.45) is 4.83. The van der Waals surface area contributed by atoms with E-state index in [2.05, 4.69) is 27.1 Å². The fourth-order valence-corrected chi connectivity index (χ4v) is 4.33. The fraction of sp³-hybridized carbons (Fsp3) is 0.619. The number of hydrogen-bond donors (Lipinski definition) is 1. The highest BCUT2D eigenvalue weighted by atomic mass is 32.1. The van der Waals surface area contributed by atoms with Crippen molar-refractivity contribution in [2.24, 2.45) is 0 Å². The van der Waals surface area contributed by atoms with Crippen LogP contribution in [0, 0.1) is 0 Å². The molecule has 0 spiro atoms. The molecule has 2 saturated heterocycles. The number of anilines is 1. The summed E-state index contributed by atoms with van der Waals surface area (Å²) in [5.41, 5.74) is 1.45. The van der Waals surface area contributed by atoms with Crippen molar-refractivity contribution in [2.75, 3.05) is 58.7 Å². The van der Waals surface area contributed by atoms with Gasteiger partial charge in [-0.1, -0.05) is 0 Å². The number of likely N-dealkylation sites (N-methyl/N-ethyl adjacent to an activating group) is 1. The zero-order chi connectivity index (χ0) is 19.9. The maximum Gasteiger partial charge on any atom is 0.337 e. The molecule has 2 aliphatic rings. The maximum absolute atomic E-state index is 11.6. The average Bonchev–Trinajstić information content (AvgIpc) is 2.73. The van der Waals surface area contributed by atoms with Gasteiger partial charge in [-0.25, -0.2) is 4.79 Å². The first-order chi connectivity index (χ1) is 13.6. The molecule has 154 valence electrons. The van der Waals surface area contributed by atoms with Crippen molar-refractivity contribution in [3.05, 3.63) is 29.8 Å². The lowest BCUT2D eigenvalue weighted by molar-refractivity contribution is 0.0601. The van der Waals surface area contributed by atoms with E-state index in [1.165, 1.54) is 39.5 Å². The van der Waals surface area contributed by atoms with Gasteiger partial charge in [-0.2, -0.15) is 0 Å². The van der Waals surface area contributed by atoms with E-state index in [-0.39, 0.29) is 5.97 Å². The summed E-state index contributed by atoms with van der Waals surface area (Å²) in [5, 5.41) is 4.14. The van der Waals surface area contributed by atoms with E-state index in [0.29, 0.717) is 11.6 Å². The Labute approximate surface area is 173 Å². The molecule has 6 nitrogen and oxygen atoms in total. The topological polar surface area (TPSA) is 48.1 Å². The molecule has 1 aromatic carbocycles. The average molecular weight is 405 g/mol. The lowest BCUT2D eigenvalue weighted by Gasteiger charge is -2.39. The summed E-state index contributed by atoms with van der Waals surface area (Å²) >= 11 is 5.73. The Hall–Kier alpha value is -1.70. The van der Waals surface area contributed by atoms with E-state index in [4.69, 9.17) is 17.0 Å². The molecule has 0 unspecified atom stereocenters. The second-order valence-electron chi connectivity index (χ2n) is 7.78. The number of piperidine rings is 1. The number of likely N-dealkylation sites (tertiary alicyclic amines) is 1. The maximum atomic E-state index is 11.6. The van der Waals surface area contributed by atoms with Crippen molar-refractivity contribution < 1.29 is 9.53 Å². The molecule has 2 fully saturated rings. The number of methoxy groups -OCH3 is 1. The lowest BCUT2D eigenvalue weighted by atomic mass is 9.99. The number of rotatable bonds is 5. The van der Waals surface area contributed by atoms with Crippen LogP contribution in [0.4, 0.5) is 5.69 Å². The monoisotopic (exact) mass is 404 g/mol. The van der Waals surface area contributed by atoms with E-state index in [0.717, 1.165) is 43.4 Å². The van der Waals surface area contributed by atoms with Gasteiger partial charge in [0, 0.05) is 51.0 Å². The predicted molar refractivity (Wildman–Crippen MR) is 117 cm³/mol. The van der Waals surface area contributed by atoms with Crippen LogP contribution in [0.3, 0.4) is 0 Å². The number of hydrogen-bond acceptors (Lipinski definition) is 5. The Morgan fingerprint density at radius 3 is 2.54 bits per heavy atom. The van der Waals surface area contributed by atoms with Gasteiger partial charge in [-0.15, -0.1) is 0 Å². The summed E-state index contributed by atoms with van der Waals surface area (Å²) in [4.78, 5) is 18.9. The van der Waals surface area contributed by atoms with Crippen LogP contribution in [-0.4, -0.2) is 85.2 Å². The molecule has 0 bridgehead atoms. The van der Waals surface area contributed by atoms with E-state index in [1.807, 2.05) is 12.1 Å². The third-order valence-corrected chi connectivity index (χ3v) is 6.16. The van der Waals surface area contributed by atoms with Crippen LogP contribution >= 0.6 is 12.2 Å².